The van der Waals surface area contributed by atoms with Crippen molar-refractivity contribution in [1.82, 2.24) is 14.4 Å². The summed E-state index contributed by atoms with van der Waals surface area (Å²) in [5, 5.41) is 3.91. The first-order valence-electron chi connectivity index (χ1n) is 7.93. The Balaban J connectivity index is 1.75. The molecule has 0 amide bonds. The van der Waals surface area contributed by atoms with E-state index >= 15 is 0 Å². The molecule has 0 aliphatic carbocycles. The minimum Gasteiger partial charge on any atom is -0.338 e. The van der Waals surface area contributed by atoms with Crippen molar-refractivity contribution >= 4 is 10.0 Å². The van der Waals surface area contributed by atoms with Crippen LogP contribution in [0.3, 0.4) is 0 Å². The Hall–Kier alpha value is -2.58. The number of halogens is 1. The maximum absolute atomic E-state index is 13.7. The molecule has 6 nitrogen and oxygen atoms in total. The average Bonchev–Trinajstić information content (AvgIpc) is 3.05. The molecular formula is C18H18FN3O3S. The summed E-state index contributed by atoms with van der Waals surface area (Å²) in [5.74, 6) is -0.417. The van der Waals surface area contributed by atoms with Crippen LogP contribution in [0.4, 0.5) is 4.39 Å². The Labute approximate surface area is 151 Å². The smallest absolute Gasteiger partial charge is 0.242 e. The Bertz CT molecular complexity index is 1020. The van der Waals surface area contributed by atoms with Crippen LogP contribution in [-0.4, -0.2) is 29.9 Å². The first kappa shape index (κ1) is 18.2. The fourth-order valence-corrected chi connectivity index (χ4v) is 3.62. The Morgan fingerprint density at radius 1 is 1.12 bits per heavy atom. The predicted molar refractivity (Wildman–Crippen MR) is 95.0 cm³/mol. The lowest BCUT2D eigenvalue weighted by Crippen LogP contribution is -2.28. The molecule has 0 N–H and O–H groups in total. The van der Waals surface area contributed by atoms with Gasteiger partial charge in [-0.15, -0.1) is 0 Å². The highest BCUT2D eigenvalue weighted by Gasteiger charge is 2.23. The van der Waals surface area contributed by atoms with Gasteiger partial charge in [-0.05, 0) is 18.6 Å². The quantitative estimate of drug-likeness (QED) is 0.661. The monoisotopic (exact) mass is 375 g/mol. The van der Waals surface area contributed by atoms with Gasteiger partial charge in [-0.1, -0.05) is 47.6 Å². The molecule has 136 valence electrons. The van der Waals surface area contributed by atoms with Gasteiger partial charge in [0.05, 0.1) is 12.3 Å². The van der Waals surface area contributed by atoms with Gasteiger partial charge in [-0.2, -0.15) is 9.29 Å². The molecule has 0 aliphatic rings. The molecule has 0 fully saturated rings. The maximum atomic E-state index is 13.7. The lowest BCUT2D eigenvalue weighted by Gasteiger charge is -2.15. The van der Waals surface area contributed by atoms with Crippen molar-refractivity contribution in [3.05, 3.63) is 71.4 Å². The van der Waals surface area contributed by atoms with Crippen molar-refractivity contribution in [3.8, 4) is 11.4 Å². The third-order valence-electron chi connectivity index (χ3n) is 3.98. The topological polar surface area (TPSA) is 76.3 Å². The summed E-state index contributed by atoms with van der Waals surface area (Å²) in [6.07, 6.45) is 0. The van der Waals surface area contributed by atoms with Crippen LogP contribution in [0.15, 0.2) is 53.1 Å². The second kappa shape index (κ2) is 7.35. The highest BCUT2D eigenvalue weighted by molar-refractivity contribution is 7.88. The second-order valence-electron chi connectivity index (χ2n) is 5.93. The lowest BCUT2D eigenvalue weighted by molar-refractivity contribution is 0.336. The van der Waals surface area contributed by atoms with Gasteiger partial charge >= 0.3 is 0 Å². The van der Waals surface area contributed by atoms with E-state index in [4.69, 9.17) is 4.52 Å². The van der Waals surface area contributed by atoms with E-state index in [0.29, 0.717) is 5.82 Å². The van der Waals surface area contributed by atoms with Crippen molar-refractivity contribution in [2.45, 2.75) is 19.2 Å². The molecule has 0 radical (unpaired) electrons. The van der Waals surface area contributed by atoms with Crippen molar-refractivity contribution in [2.75, 3.05) is 7.05 Å². The molecule has 0 saturated carbocycles. The lowest BCUT2D eigenvalue weighted by atomic mass is 10.1. The van der Waals surface area contributed by atoms with Crippen molar-refractivity contribution in [2.24, 2.45) is 0 Å². The van der Waals surface area contributed by atoms with Gasteiger partial charge in [0.1, 0.15) is 5.82 Å². The standard InChI is InChI=1S/C18H18FN3O3S/c1-13-7-3-5-9-15(13)18-20-17(25-21-18)11-22(2)26(23,24)12-14-8-4-6-10-16(14)19/h3-10H,11-12H2,1-2H3. The number of nitrogens with zero attached hydrogens (tertiary/aromatic N) is 3. The van der Waals surface area contributed by atoms with E-state index in [9.17, 15) is 12.8 Å². The zero-order valence-electron chi connectivity index (χ0n) is 14.4. The van der Waals surface area contributed by atoms with Gasteiger partial charge in [0.25, 0.3) is 0 Å². The Morgan fingerprint density at radius 2 is 1.81 bits per heavy atom. The minimum absolute atomic E-state index is 0.0876. The van der Waals surface area contributed by atoms with Crippen LogP contribution in [0.5, 0.6) is 0 Å². The predicted octanol–water partition coefficient (Wildman–Crippen LogP) is 3.15. The van der Waals surface area contributed by atoms with E-state index in [2.05, 4.69) is 10.1 Å². The molecule has 1 aromatic heterocycles. The molecule has 0 saturated heterocycles. The van der Waals surface area contributed by atoms with Gasteiger partial charge in [0.15, 0.2) is 0 Å². The number of rotatable bonds is 6. The molecule has 0 atom stereocenters. The molecular weight excluding hydrogens is 357 g/mol. The summed E-state index contributed by atoms with van der Waals surface area (Å²) in [5.41, 5.74) is 1.92. The average molecular weight is 375 g/mol. The zero-order chi connectivity index (χ0) is 18.7. The molecule has 2 aromatic carbocycles. The number of benzene rings is 2. The van der Waals surface area contributed by atoms with Gasteiger partial charge in [-0.25, -0.2) is 12.8 Å². The van der Waals surface area contributed by atoms with Crippen LogP contribution in [0.1, 0.15) is 17.0 Å². The third-order valence-corrected chi connectivity index (χ3v) is 5.74. The second-order valence-corrected chi connectivity index (χ2v) is 8.01. The van der Waals surface area contributed by atoms with Crippen LogP contribution < -0.4 is 0 Å². The van der Waals surface area contributed by atoms with Gasteiger partial charge in [0.2, 0.25) is 21.7 Å². The molecule has 3 aromatic rings. The Morgan fingerprint density at radius 3 is 2.54 bits per heavy atom. The SMILES string of the molecule is Cc1ccccc1-c1noc(CN(C)S(=O)(=O)Cc2ccccc2F)n1. The maximum Gasteiger partial charge on any atom is 0.242 e. The van der Waals surface area contributed by atoms with Crippen LogP contribution in [0.2, 0.25) is 0 Å². The van der Waals surface area contributed by atoms with Gasteiger partial charge in [0, 0.05) is 18.2 Å². The molecule has 1 heterocycles. The summed E-state index contributed by atoms with van der Waals surface area (Å²) in [6.45, 7) is 1.84. The highest BCUT2D eigenvalue weighted by atomic mass is 32.2. The third kappa shape index (κ3) is 3.97. The van der Waals surface area contributed by atoms with Gasteiger partial charge < -0.3 is 4.52 Å². The van der Waals surface area contributed by atoms with Crippen LogP contribution in [-0.2, 0) is 22.3 Å². The first-order valence-corrected chi connectivity index (χ1v) is 9.54. The van der Waals surface area contributed by atoms with Crippen LogP contribution >= 0.6 is 0 Å². The van der Waals surface area contributed by atoms with Crippen molar-refractivity contribution in [1.29, 1.82) is 0 Å². The molecule has 0 bridgehead atoms. The minimum atomic E-state index is -3.73. The van der Waals surface area contributed by atoms with E-state index < -0.39 is 21.6 Å². The number of sulfonamides is 1. The molecule has 8 heteroatoms. The molecule has 0 unspecified atom stereocenters. The summed E-state index contributed by atoms with van der Waals surface area (Å²) in [7, 11) is -2.34. The number of aromatic nitrogens is 2. The van der Waals surface area contributed by atoms with Crippen LogP contribution in [0, 0.1) is 12.7 Å². The molecule has 0 aliphatic heterocycles. The summed E-state index contributed by atoms with van der Waals surface area (Å²) in [6, 6.07) is 13.4. The van der Waals surface area contributed by atoms with E-state index in [1.54, 1.807) is 6.07 Å². The van der Waals surface area contributed by atoms with E-state index in [-0.39, 0.29) is 18.0 Å². The molecule has 0 spiro atoms. The van der Waals surface area contributed by atoms with E-state index in [1.807, 2.05) is 31.2 Å². The highest BCUT2D eigenvalue weighted by Crippen LogP contribution is 2.21. The molecule has 26 heavy (non-hydrogen) atoms. The Kier molecular flexibility index (Phi) is 5.15. The summed E-state index contributed by atoms with van der Waals surface area (Å²) in [4.78, 5) is 4.26. The van der Waals surface area contributed by atoms with E-state index in [0.717, 1.165) is 15.4 Å². The summed E-state index contributed by atoms with van der Waals surface area (Å²) < 4.78 is 44.9. The summed E-state index contributed by atoms with van der Waals surface area (Å²) >= 11 is 0. The van der Waals surface area contributed by atoms with Crippen molar-refractivity contribution in [3.63, 3.8) is 0 Å². The fraction of sp³-hybridized carbons (Fsp3) is 0.222. The van der Waals surface area contributed by atoms with Crippen molar-refractivity contribution < 1.29 is 17.3 Å². The largest absolute Gasteiger partial charge is 0.338 e. The fourth-order valence-electron chi connectivity index (χ4n) is 2.46. The zero-order valence-corrected chi connectivity index (χ0v) is 15.2. The van der Waals surface area contributed by atoms with Gasteiger partial charge in [-0.3, -0.25) is 0 Å². The van der Waals surface area contributed by atoms with E-state index in [1.165, 1.54) is 25.2 Å². The first-order chi connectivity index (χ1) is 12.4. The van der Waals surface area contributed by atoms with Crippen LogP contribution in [0.25, 0.3) is 11.4 Å². The molecule has 3 rings (SSSR count). The number of aryl methyl sites for hydroxylation is 1. The number of hydrogen-bond donors (Lipinski definition) is 0. The number of hydrogen-bond acceptors (Lipinski definition) is 5. The normalized spacial score (nSPS) is 11.8.